The SMILES string of the molecule is Cc1cccc(COc2ccc(CC(=O)O)cc2)c1C(=O)O. The minimum atomic E-state index is -0.978. The van der Waals surface area contributed by atoms with E-state index in [0.29, 0.717) is 22.4 Å². The van der Waals surface area contributed by atoms with Gasteiger partial charge in [0.1, 0.15) is 12.4 Å². The standard InChI is InChI=1S/C17H16O5/c1-11-3-2-4-13(16(11)17(20)21)10-22-14-7-5-12(6-8-14)9-15(18)19/h2-8H,9-10H2,1H3,(H,18,19)(H,20,21). The summed E-state index contributed by atoms with van der Waals surface area (Å²) in [5.41, 5.74) is 2.22. The van der Waals surface area contributed by atoms with Crippen molar-refractivity contribution in [3.63, 3.8) is 0 Å². The van der Waals surface area contributed by atoms with Gasteiger partial charge >= 0.3 is 11.9 Å². The van der Waals surface area contributed by atoms with Gasteiger partial charge in [-0.3, -0.25) is 4.79 Å². The fourth-order valence-electron chi connectivity index (χ4n) is 2.19. The number of carbonyl (C=O) groups is 2. The van der Waals surface area contributed by atoms with Crippen LogP contribution in [0.3, 0.4) is 0 Å². The summed E-state index contributed by atoms with van der Waals surface area (Å²) in [5, 5.41) is 18.0. The lowest BCUT2D eigenvalue weighted by atomic mass is 10.0. The van der Waals surface area contributed by atoms with Crippen molar-refractivity contribution in [1.29, 1.82) is 0 Å². The van der Waals surface area contributed by atoms with E-state index in [4.69, 9.17) is 9.84 Å². The Labute approximate surface area is 127 Å². The van der Waals surface area contributed by atoms with Crippen molar-refractivity contribution in [3.8, 4) is 5.75 Å². The van der Waals surface area contributed by atoms with E-state index in [0.717, 1.165) is 0 Å². The Morgan fingerprint density at radius 1 is 1.05 bits per heavy atom. The summed E-state index contributed by atoms with van der Waals surface area (Å²) in [7, 11) is 0. The highest BCUT2D eigenvalue weighted by molar-refractivity contribution is 5.91. The van der Waals surface area contributed by atoms with Crippen LogP contribution in [0, 0.1) is 6.92 Å². The Hall–Kier alpha value is -2.82. The van der Waals surface area contributed by atoms with Gasteiger partial charge in [-0.05, 0) is 30.2 Å². The van der Waals surface area contributed by atoms with Crippen molar-refractivity contribution in [2.45, 2.75) is 20.0 Å². The average Bonchev–Trinajstić information content (AvgIpc) is 2.45. The van der Waals surface area contributed by atoms with E-state index < -0.39 is 11.9 Å². The topological polar surface area (TPSA) is 83.8 Å². The van der Waals surface area contributed by atoms with E-state index in [1.54, 1.807) is 49.4 Å². The first-order valence-electron chi connectivity index (χ1n) is 6.72. The molecule has 0 amide bonds. The number of carboxylic acid groups (broad SMARTS) is 2. The lowest BCUT2D eigenvalue weighted by molar-refractivity contribution is -0.136. The summed E-state index contributed by atoms with van der Waals surface area (Å²) in [6, 6.07) is 12.0. The molecule has 2 aromatic carbocycles. The highest BCUT2D eigenvalue weighted by atomic mass is 16.5. The predicted octanol–water partition coefficient (Wildman–Crippen LogP) is 2.90. The molecule has 0 saturated heterocycles. The predicted molar refractivity (Wildman–Crippen MR) is 80.3 cm³/mol. The fraction of sp³-hybridized carbons (Fsp3) is 0.176. The van der Waals surface area contributed by atoms with Crippen LogP contribution < -0.4 is 4.74 Å². The van der Waals surface area contributed by atoms with Gasteiger partial charge in [0.05, 0.1) is 12.0 Å². The Balaban J connectivity index is 2.09. The van der Waals surface area contributed by atoms with Gasteiger partial charge in [-0.15, -0.1) is 0 Å². The van der Waals surface area contributed by atoms with E-state index in [2.05, 4.69) is 0 Å². The Kier molecular flexibility index (Phi) is 4.78. The number of aromatic carboxylic acids is 1. The molecule has 5 nitrogen and oxygen atoms in total. The lowest BCUT2D eigenvalue weighted by Crippen LogP contribution is -2.08. The molecule has 0 bridgehead atoms. The number of hydrogen-bond donors (Lipinski definition) is 2. The van der Waals surface area contributed by atoms with Gasteiger partial charge in [0.15, 0.2) is 0 Å². The van der Waals surface area contributed by atoms with Gasteiger partial charge < -0.3 is 14.9 Å². The van der Waals surface area contributed by atoms with Gasteiger partial charge in [-0.25, -0.2) is 4.79 Å². The molecule has 0 saturated carbocycles. The van der Waals surface area contributed by atoms with E-state index in [1.165, 1.54) is 0 Å². The van der Waals surface area contributed by atoms with Crippen LogP contribution in [0.5, 0.6) is 5.75 Å². The number of aliphatic carboxylic acids is 1. The molecule has 0 heterocycles. The molecule has 0 aliphatic carbocycles. The molecule has 0 aliphatic rings. The summed E-state index contributed by atoms with van der Waals surface area (Å²) in [6.07, 6.45) is -0.0404. The first-order valence-corrected chi connectivity index (χ1v) is 6.72. The quantitative estimate of drug-likeness (QED) is 0.857. The largest absolute Gasteiger partial charge is 0.489 e. The fourth-order valence-corrected chi connectivity index (χ4v) is 2.19. The highest BCUT2D eigenvalue weighted by Crippen LogP contribution is 2.18. The van der Waals surface area contributed by atoms with Gasteiger partial charge in [0.2, 0.25) is 0 Å². The smallest absolute Gasteiger partial charge is 0.336 e. The molecular formula is C17H16O5. The first kappa shape index (κ1) is 15.6. The molecular weight excluding hydrogens is 284 g/mol. The molecule has 0 unspecified atom stereocenters. The Morgan fingerprint density at radius 2 is 1.73 bits per heavy atom. The first-order chi connectivity index (χ1) is 10.5. The van der Waals surface area contributed by atoms with Gasteiger partial charge in [0.25, 0.3) is 0 Å². The second-order valence-corrected chi connectivity index (χ2v) is 4.92. The van der Waals surface area contributed by atoms with Crippen LogP contribution in [0.1, 0.15) is 27.0 Å². The van der Waals surface area contributed by atoms with Crippen molar-refractivity contribution >= 4 is 11.9 Å². The molecule has 2 N–H and O–H groups in total. The van der Waals surface area contributed by atoms with Crippen molar-refractivity contribution in [2.24, 2.45) is 0 Å². The number of rotatable bonds is 6. The average molecular weight is 300 g/mol. The monoisotopic (exact) mass is 300 g/mol. The molecule has 2 rings (SSSR count). The summed E-state index contributed by atoms with van der Waals surface area (Å²) < 4.78 is 5.59. The van der Waals surface area contributed by atoms with E-state index in [9.17, 15) is 14.7 Å². The molecule has 0 atom stereocenters. The zero-order valence-corrected chi connectivity index (χ0v) is 12.1. The van der Waals surface area contributed by atoms with Crippen molar-refractivity contribution < 1.29 is 24.5 Å². The third kappa shape index (κ3) is 3.85. The summed E-state index contributed by atoms with van der Waals surface area (Å²) in [6.45, 7) is 1.88. The van der Waals surface area contributed by atoms with E-state index >= 15 is 0 Å². The van der Waals surface area contributed by atoms with E-state index in [1.807, 2.05) is 0 Å². The molecule has 0 fully saturated rings. The Bertz CT molecular complexity index is 689. The van der Waals surface area contributed by atoms with Crippen LogP contribution in [0.4, 0.5) is 0 Å². The maximum atomic E-state index is 11.3. The molecule has 0 radical (unpaired) electrons. The molecule has 0 aliphatic heterocycles. The lowest BCUT2D eigenvalue weighted by Gasteiger charge is -2.11. The normalized spacial score (nSPS) is 10.2. The van der Waals surface area contributed by atoms with Crippen LogP contribution >= 0.6 is 0 Å². The Morgan fingerprint density at radius 3 is 2.32 bits per heavy atom. The maximum Gasteiger partial charge on any atom is 0.336 e. The molecule has 0 spiro atoms. The molecule has 22 heavy (non-hydrogen) atoms. The van der Waals surface area contributed by atoms with Gasteiger partial charge in [-0.2, -0.15) is 0 Å². The number of hydrogen-bond acceptors (Lipinski definition) is 3. The minimum Gasteiger partial charge on any atom is -0.489 e. The van der Waals surface area contributed by atoms with Crippen LogP contribution in [-0.2, 0) is 17.8 Å². The molecule has 114 valence electrons. The number of aryl methyl sites for hydroxylation is 1. The van der Waals surface area contributed by atoms with Crippen LogP contribution in [0.15, 0.2) is 42.5 Å². The van der Waals surface area contributed by atoms with Crippen molar-refractivity contribution in [2.75, 3.05) is 0 Å². The molecule has 5 heteroatoms. The maximum absolute atomic E-state index is 11.3. The van der Waals surface area contributed by atoms with Crippen molar-refractivity contribution in [3.05, 3.63) is 64.7 Å². The van der Waals surface area contributed by atoms with Crippen molar-refractivity contribution in [1.82, 2.24) is 0 Å². The third-order valence-electron chi connectivity index (χ3n) is 3.25. The zero-order chi connectivity index (χ0) is 16.1. The second kappa shape index (κ2) is 6.76. The highest BCUT2D eigenvalue weighted by Gasteiger charge is 2.13. The summed E-state index contributed by atoms with van der Waals surface area (Å²) >= 11 is 0. The number of ether oxygens (including phenoxy) is 1. The van der Waals surface area contributed by atoms with Gasteiger partial charge in [0, 0.05) is 5.56 Å². The van der Waals surface area contributed by atoms with Crippen LogP contribution in [0.2, 0.25) is 0 Å². The third-order valence-corrected chi connectivity index (χ3v) is 3.25. The summed E-state index contributed by atoms with van der Waals surface area (Å²) in [4.78, 5) is 21.9. The van der Waals surface area contributed by atoms with Crippen LogP contribution in [0.25, 0.3) is 0 Å². The minimum absolute atomic E-state index is 0.0404. The molecule has 2 aromatic rings. The molecule has 0 aromatic heterocycles. The van der Waals surface area contributed by atoms with E-state index in [-0.39, 0.29) is 18.6 Å². The van der Waals surface area contributed by atoms with Crippen LogP contribution in [-0.4, -0.2) is 22.2 Å². The number of carboxylic acids is 2. The number of benzene rings is 2. The summed E-state index contributed by atoms with van der Waals surface area (Å²) in [5.74, 6) is -1.31. The second-order valence-electron chi connectivity index (χ2n) is 4.92. The van der Waals surface area contributed by atoms with Gasteiger partial charge in [-0.1, -0.05) is 30.3 Å². The zero-order valence-electron chi connectivity index (χ0n) is 12.1.